The maximum absolute atomic E-state index is 13.8. The van der Waals surface area contributed by atoms with Crippen LogP contribution >= 0.6 is 11.6 Å². The number of hydrogen-bond donors (Lipinski definition) is 1. The summed E-state index contributed by atoms with van der Waals surface area (Å²) in [6.45, 7) is 6.76. The Morgan fingerprint density at radius 3 is 2.54 bits per heavy atom. The van der Waals surface area contributed by atoms with E-state index in [1.54, 1.807) is 6.07 Å². The number of hydrogen-bond acceptors (Lipinski definition) is 3. The Morgan fingerprint density at radius 1 is 1.12 bits per heavy atom. The minimum atomic E-state index is -0.520. The highest BCUT2D eigenvalue weighted by atomic mass is 35.5. The number of piperazine rings is 1. The quantitative estimate of drug-likeness (QED) is 0.868. The number of carbonyl (C=O) groups excluding carboxylic acids is 1. The molecule has 138 valence electrons. The van der Waals surface area contributed by atoms with E-state index in [4.69, 9.17) is 11.6 Å². The smallest absolute Gasteiger partial charge is 0.238 e. The molecule has 2 aromatic rings. The standard InChI is InChI=1S/C20H23ClFN3O/c1-15-3-2-4-16(11-15)13-24-7-9-25(10-8-24)14-20(26)23-19-6-5-17(21)12-18(19)22/h2-6,11-12H,7-10,13-14H2,1H3,(H,23,26). The summed E-state index contributed by atoms with van der Waals surface area (Å²) in [5.74, 6) is -0.729. The molecule has 0 aromatic heterocycles. The van der Waals surface area contributed by atoms with E-state index in [1.165, 1.54) is 23.3 Å². The molecular weight excluding hydrogens is 353 g/mol. The zero-order valence-corrected chi connectivity index (χ0v) is 15.6. The molecule has 1 saturated heterocycles. The molecule has 1 N–H and O–H groups in total. The normalized spacial score (nSPS) is 15.8. The molecule has 1 heterocycles. The highest BCUT2D eigenvalue weighted by molar-refractivity contribution is 6.30. The highest BCUT2D eigenvalue weighted by Gasteiger charge is 2.19. The summed E-state index contributed by atoms with van der Waals surface area (Å²) in [4.78, 5) is 16.6. The number of benzene rings is 2. The molecule has 0 bridgehead atoms. The first-order valence-corrected chi connectivity index (χ1v) is 9.12. The fourth-order valence-electron chi connectivity index (χ4n) is 3.16. The Hall–Kier alpha value is -1.95. The van der Waals surface area contributed by atoms with E-state index in [1.807, 2.05) is 0 Å². The Morgan fingerprint density at radius 2 is 1.85 bits per heavy atom. The van der Waals surface area contributed by atoms with Crippen molar-refractivity contribution >= 4 is 23.2 Å². The monoisotopic (exact) mass is 375 g/mol. The van der Waals surface area contributed by atoms with Crippen molar-refractivity contribution in [3.8, 4) is 0 Å². The van der Waals surface area contributed by atoms with Gasteiger partial charge in [-0.25, -0.2) is 4.39 Å². The van der Waals surface area contributed by atoms with Gasteiger partial charge in [-0.3, -0.25) is 14.6 Å². The Labute approximate surface area is 158 Å². The van der Waals surface area contributed by atoms with Crippen LogP contribution in [0.2, 0.25) is 5.02 Å². The molecule has 6 heteroatoms. The van der Waals surface area contributed by atoms with Gasteiger partial charge in [0, 0.05) is 37.7 Å². The van der Waals surface area contributed by atoms with Gasteiger partial charge >= 0.3 is 0 Å². The Kier molecular flexibility index (Phi) is 6.25. The number of halogens is 2. The van der Waals surface area contributed by atoms with E-state index < -0.39 is 5.82 Å². The maximum atomic E-state index is 13.8. The van der Waals surface area contributed by atoms with Gasteiger partial charge in [-0.2, -0.15) is 0 Å². The average molecular weight is 376 g/mol. The fraction of sp³-hybridized carbons (Fsp3) is 0.350. The van der Waals surface area contributed by atoms with E-state index in [9.17, 15) is 9.18 Å². The van der Waals surface area contributed by atoms with Crippen molar-refractivity contribution in [1.29, 1.82) is 0 Å². The van der Waals surface area contributed by atoms with Gasteiger partial charge in [0.15, 0.2) is 0 Å². The van der Waals surface area contributed by atoms with E-state index in [2.05, 4.69) is 46.3 Å². The van der Waals surface area contributed by atoms with E-state index in [0.717, 1.165) is 32.7 Å². The van der Waals surface area contributed by atoms with Crippen LogP contribution in [0.4, 0.5) is 10.1 Å². The van der Waals surface area contributed by atoms with E-state index >= 15 is 0 Å². The molecule has 3 rings (SSSR count). The van der Waals surface area contributed by atoms with Crippen LogP contribution in [0.1, 0.15) is 11.1 Å². The highest BCUT2D eigenvalue weighted by Crippen LogP contribution is 2.19. The maximum Gasteiger partial charge on any atom is 0.238 e. The van der Waals surface area contributed by atoms with Gasteiger partial charge in [-0.1, -0.05) is 41.4 Å². The van der Waals surface area contributed by atoms with Crippen molar-refractivity contribution in [2.75, 3.05) is 38.0 Å². The number of nitrogens with one attached hydrogen (secondary N) is 1. The second-order valence-electron chi connectivity index (χ2n) is 6.71. The summed E-state index contributed by atoms with van der Waals surface area (Å²) < 4.78 is 13.8. The van der Waals surface area contributed by atoms with Crippen molar-refractivity contribution in [3.05, 3.63) is 64.4 Å². The summed E-state index contributed by atoms with van der Waals surface area (Å²) in [6.07, 6.45) is 0. The summed E-state index contributed by atoms with van der Waals surface area (Å²) in [7, 11) is 0. The lowest BCUT2D eigenvalue weighted by Gasteiger charge is -2.34. The molecule has 1 amide bonds. The number of rotatable bonds is 5. The van der Waals surface area contributed by atoms with Crippen LogP contribution in [0.3, 0.4) is 0 Å². The molecule has 2 aromatic carbocycles. The first-order chi connectivity index (χ1) is 12.5. The molecule has 0 unspecified atom stereocenters. The average Bonchev–Trinajstić information content (AvgIpc) is 2.59. The number of aryl methyl sites for hydroxylation is 1. The molecule has 0 radical (unpaired) electrons. The molecule has 1 aliphatic heterocycles. The van der Waals surface area contributed by atoms with Gasteiger partial charge < -0.3 is 5.32 Å². The van der Waals surface area contributed by atoms with Gasteiger partial charge in [-0.15, -0.1) is 0 Å². The van der Waals surface area contributed by atoms with Crippen LogP contribution in [0.15, 0.2) is 42.5 Å². The Balaban J connectivity index is 1.45. The topological polar surface area (TPSA) is 35.6 Å². The van der Waals surface area contributed by atoms with E-state index in [-0.39, 0.29) is 18.1 Å². The summed E-state index contributed by atoms with van der Waals surface area (Å²) in [5.41, 5.74) is 2.75. The molecule has 0 saturated carbocycles. The summed E-state index contributed by atoms with van der Waals surface area (Å²) in [6, 6.07) is 12.8. The molecule has 26 heavy (non-hydrogen) atoms. The molecule has 1 fully saturated rings. The molecule has 0 aliphatic carbocycles. The van der Waals surface area contributed by atoms with Crippen molar-refractivity contribution < 1.29 is 9.18 Å². The third-order valence-corrected chi connectivity index (χ3v) is 4.76. The first kappa shape index (κ1) is 18.8. The zero-order chi connectivity index (χ0) is 18.5. The lowest BCUT2D eigenvalue weighted by molar-refractivity contribution is -0.117. The van der Waals surface area contributed by atoms with Gasteiger partial charge in [0.1, 0.15) is 5.82 Å². The SMILES string of the molecule is Cc1cccc(CN2CCN(CC(=O)Nc3ccc(Cl)cc3F)CC2)c1. The van der Waals surface area contributed by atoms with Crippen LogP contribution in [-0.2, 0) is 11.3 Å². The number of carbonyl (C=O) groups is 1. The van der Waals surface area contributed by atoms with Gasteiger partial charge in [0.2, 0.25) is 5.91 Å². The van der Waals surface area contributed by atoms with Gasteiger partial charge in [0.25, 0.3) is 0 Å². The molecule has 0 spiro atoms. The minimum Gasteiger partial charge on any atom is -0.322 e. The van der Waals surface area contributed by atoms with Crippen molar-refractivity contribution in [2.45, 2.75) is 13.5 Å². The van der Waals surface area contributed by atoms with Crippen LogP contribution in [-0.4, -0.2) is 48.4 Å². The Bertz CT molecular complexity index is 775. The second-order valence-corrected chi connectivity index (χ2v) is 7.15. The van der Waals surface area contributed by atoms with Crippen LogP contribution in [0.25, 0.3) is 0 Å². The predicted molar refractivity (Wildman–Crippen MR) is 103 cm³/mol. The van der Waals surface area contributed by atoms with E-state index in [0.29, 0.717) is 5.02 Å². The van der Waals surface area contributed by atoms with Crippen LogP contribution in [0.5, 0.6) is 0 Å². The molecular formula is C20H23ClFN3O. The zero-order valence-electron chi connectivity index (χ0n) is 14.8. The van der Waals surface area contributed by atoms with Crippen molar-refractivity contribution in [3.63, 3.8) is 0 Å². The first-order valence-electron chi connectivity index (χ1n) is 8.75. The third-order valence-electron chi connectivity index (χ3n) is 4.53. The van der Waals surface area contributed by atoms with Crippen LogP contribution < -0.4 is 5.32 Å². The third kappa shape index (κ3) is 5.27. The largest absolute Gasteiger partial charge is 0.322 e. The van der Waals surface area contributed by atoms with Gasteiger partial charge in [-0.05, 0) is 30.7 Å². The molecule has 4 nitrogen and oxygen atoms in total. The summed E-state index contributed by atoms with van der Waals surface area (Å²) >= 11 is 5.72. The minimum absolute atomic E-state index is 0.164. The number of amides is 1. The van der Waals surface area contributed by atoms with Crippen molar-refractivity contribution in [1.82, 2.24) is 9.80 Å². The fourth-order valence-corrected chi connectivity index (χ4v) is 3.32. The molecule has 1 aliphatic rings. The van der Waals surface area contributed by atoms with Gasteiger partial charge in [0.05, 0.1) is 12.2 Å². The van der Waals surface area contributed by atoms with Crippen LogP contribution in [0, 0.1) is 12.7 Å². The lowest BCUT2D eigenvalue weighted by Crippen LogP contribution is -2.48. The number of anilines is 1. The van der Waals surface area contributed by atoms with Crippen molar-refractivity contribution in [2.24, 2.45) is 0 Å². The predicted octanol–water partition coefficient (Wildman–Crippen LogP) is 3.54. The second kappa shape index (κ2) is 8.62. The molecule has 0 atom stereocenters. The summed E-state index contributed by atoms with van der Waals surface area (Å²) in [5, 5.41) is 2.92. The lowest BCUT2D eigenvalue weighted by atomic mass is 10.1. The number of nitrogens with zero attached hydrogens (tertiary/aromatic N) is 2.